The van der Waals surface area contributed by atoms with Crippen molar-refractivity contribution in [3.63, 3.8) is 0 Å². The molecule has 0 saturated carbocycles. The maximum atomic E-state index is 12.8. The molecule has 0 aromatic heterocycles. The average molecular weight is 381 g/mol. The highest BCUT2D eigenvalue weighted by atomic mass is 35.5. The molecule has 2 aromatic carbocycles. The summed E-state index contributed by atoms with van der Waals surface area (Å²) in [5.41, 5.74) is 0. The molecule has 0 radical (unpaired) electrons. The standard InChI is InChI=1S/C16H13Cl2F3OS/c1-23(10-15(22)16(19,20)21,13-6-2-11(17)3-7-13)14-8-4-12(18)5-9-14/h2-9H,10H2,1H3. The average Bonchev–Trinajstić information content (AvgIpc) is 2.47. The Balaban J connectivity index is 2.52. The number of benzene rings is 2. The second kappa shape index (κ2) is 6.75. The van der Waals surface area contributed by atoms with Gasteiger partial charge in [0.05, 0.1) is 5.75 Å². The van der Waals surface area contributed by atoms with E-state index in [1.807, 2.05) is 0 Å². The molecule has 1 nitrogen and oxygen atoms in total. The first-order chi connectivity index (χ1) is 10.6. The maximum absolute atomic E-state index is 12.8. The molecule has 0 heterocycles. The number of rotatable bonds is 4. The summed E-state index contributed by atoms with van der Waals surface area (Å²) in [5, 5.41) is 0.961. The van der Waals surface area contributed by atoms with Crippen molar-refractivity contribution in [3.8, 4) is 0 Å². The molecule has 0 N–H and O–H groups in total. The number of hydrogen-bond acceptors (Lipinski definition) is 1. The minimum Gasteiger partial charge on any atom is -0.289 e. The van der Waals surface area contributed by atoms with Gasteiger partial charge in [-0.3, -0.25) is 4.79 Å². The molecule has 2 rings (SSSR count). The van der Waals surface area contributed by atoms with Crippen molar-refractivity contribution < 1.29 is 18.0 Å². The Kier molecular flexibility index (Phi) is 5.33. The fourth-order valence-electron chi connectivity index (χ4n) is 2.12. The van der Waals surface area contributed by atoms with Gasteiger partial charge in [0.15, 0.2) is 0 Å². The van der Waals surface area contributed by atoms with Crippen LogP contribution >= 0.6 is 33.2 Å². The lowest BCUT2D eigenvalue weighted by molar-refractivity contribution is -0.168. The summed E-state index contributed by atoms with van der Waals surface area (Å²) < 4.78 is 38.3. The van der Waals surface area contributed by atoms with Gasteiger partial charge in [-0.05, 0) is 64.6 Å². The van der Waals surface area contributed by atoms with Gasteiger partial charge in [-0.25, -0.2) is 0 Å². The molecule has 124 valence electrons. The zero-order chi connectivity index (χ0) is 17.3. The van der Waals surface area contributed by atoms with Gasteiger partial charge in [0.2, 0.25) is 5.78 Å². The first kappa shape index (κ1) is 18.2. The summed E-state index contributed by atoms with van der Waals surface area (Å²) in [5.74, 6) is -2.35. The quantitative estimate of drug-likeness (QED) is 0.637. The Hall–Kier alpha value is -1.17. The largest absolute Gasteiger partial charge is 0.450 e. The van der Waals surface area contributed by atoms with E-state index in [-0.39, 0.29) is 0 Å². The van der Waals surface area contributed by atoms with Crippen LogP contribution in [0.3, 0.4) is 0 Å². The lowest BCUT2D eigenvalue weighted by Gasteiger charge is -2.36. The van der Waals surface area contributed by atoms with Crippen LogP contribution in [-0.2, 0) is 4.79 Å². The van der Waals surface area contributed by atoms with Crippen molar-refractivity contribution in [3.05, 3.63) is 58.6 Å². The Morgan fingerprint density at radius 1 is 0.913 bits per heavy atom. The van der Waals surface area contributed by atoms with E-state index in [2.05, 4.69) is 0 Å². The first-order valence-corrected chi connectivity index (χ1v) is 9.47. The summed E-state index contributed by atoms with van der Waals surface area (Å²) in [6, 6.07) is 13.1. The number of halogens is 5. The highest BCUT2D eigenvalue weighted by Crippen LogP contribution is 2.60. The lowest BCUT2D eigenvalue weighted by atomic mass is 10.4. The first-order valence-electron chi connectivity index (χ1n) is 6.50. The molecule has 0 aliphatic carbocycles. The predicted molar refractivity (Wildman–Crippen MR) is 88.9 cm³/mol. The van der Waals surface area contributed by atoms with Crippen LogP contribution in [0.25, 0.3) is 0 Å². The third-order valence-corrected chi connectivity index (χ3v) is 7.37. The summed E-state index contributed by atoms with van der Waals surface area (Å²) in [6.45, 7) is 0. The Bertz CT molecular complexity index is 651. The van der Waals surface area contributed by atoms with E-state index in [0.29, 0.717) is 19.8 Å². The predicted octanol–water partition coefficient (Wildman–Crippen LogP) is 5.98. The summed E-state index contributed by atoms with van der Waals surface area (Å²) >= 11 is 11.7. The number of Topliss-reactive ketones (excluding diaryl/α,β-unsaturated/α-hetero) is 1. The maximum Gasteiger partial charge on any atom is 0.450 e. The fraction of sp³-hybridized carbons (Fsp3) is 0.188. The molecule has 0 atom stereocenters. The van der Waals surface area contributed by atoms with Crippen molar-refractivity contribution in [2.24, 2.45) is 0 Å². The number of alkyl halides is 3. The Labute approximate surface area is 143 Å². The van der Waals surface area contributed by atoms with E-state index in [1.165, 1.54) is 0 Å². The van der Waals surface area contributed by atoms with Crippen LogP contribution in [0.1, 0.15) is 0 Å². The van der Waals surface area contributed by atoms with Gasteiger partial charge in [-0.15, -0.1) is 0 Å². The fourth-order valence-corrected chi connectivity index (χ4v) is 5.14. The van der Waals surface area contributed by atoms with E-state index >= 15 is 0 Å². The molecular weight excluding hydrogens is 368 g/mol. The second-order valence-corrected chi connectivity index (χ2v) is 9.34. The molecule has 7 heteroatoms. The molecule has 0 aliphatic heterocycles. The summed E-state index contributed by atoms with van der Waals surface area (Å²) in [4.78, 5) is 12.9. The molecule has 0 amide bonds. The van der Waals surface area contributed by atoms with Gasteiger partial charge in [0, 0.05) is 10.0 Å². The minimum atomic E-state index is -4.85. The highest BCUT2D eigenvalue weighted by Gasteiger charge is 2.42. The lowest BCUT2D eigenvalue weighted by Crippen LogP contribution is -2.28. The molecule has 0 spiro atoms. The second-order valence-electron chi connectivity index (χ2n) is 5.06. The normalized spacial score (nSPS) is 13.0. The summed E-state index contributed by atoms with van der Waals surface area (Å²) in [6.07, 6.45) is -3.17. The van der Waals surface area contributed by atoms with Crippen LogP contribution in [-0.4, -0.2) is 24.0 Å². The van der Waals surface area contributed by atoms with E-state index in [1.54, 1.807) is 54.8 Å². The number of carbonyl (C=O) groups excluding carboxylic acids is 1. The van der Waals surface area contributed by atoms with Gasteiger partial charge in [-0.2, -0.15) is 23.2 Å². The number of ketones is 1. The van der Waals surface area contributed by atoms with Crippen molar-refractivity contribution in [1.29, 1.82) is 0 Å². The number of hydrogen-bond donors (Lipinski definition) is 0. The van der Waals surface area contributed by atoms with Crippen LogP contribution in [0.4, 0.5) is 13.2 Å². The van der Waals surface area contributed by atoms with Crippen LogP contribution in [0, 0.1) is 0 Å². The molecule has 2 aromatic rings. The van der Waals surface area contributed by atoms with Crippen molar-refractivity contribution in [2.45, 2.75) is 16.0 Å². The van der Waals surface area contributed by atoms with Gasteiger partial charge >= 0.3 is 6.18 Å². The molecule has 0 unspecified atom stereocenters. The van der Waals surface area contributed by atoms with E-state index in [9.17, 15) is 18.0 Å². The summed E-state index contributed by atoms with van der Waals surface area (Å²) in [7, 11) is -2.20. The van der Waals surface area contributed by atoms with Crippen LogP contribution < -0.4 is 0 Å². The van der Waals surface area contributed by atoms with Crippen LogP contribution in [0.15, 0.2) is 58.3 Å². The van der Waals surface area contributed by atoms with Gasteiger partial charge in [0.1, 0.15) is 0 Å². The van der Waals surface area contributed by atoms with Crippen LogP contribution in [0.2, 0.25) is 10.0 Å². The van der Waals surface area contributed by atoms with Crippen molar-refractivity contribution in [2.75, 3.05) is 12.0 Å². The van der Waals surface area contributed by atoms with Crippen LogP contribution in [0.5, 0.6) is 0 Å². The van der Waals surface area contributed by atoms with Gasteiger partial charge < -0.3 is 0 Å². The van der Waals surface area contributed by atoms with Gasteiger partial charge in [-0.1, -0.05) is 23.2 Å². The van der Waals surface area contributed by atoms with E-state index in [0.717, 1.165) is 0 Å². The molecule has 0 aliphatic rings. The smallest absolute Gasteiger partial charge is 0.289 e. The Morgan fingerprint density at radius 2 is 1.26 bits per heavy atom. The highest BCUT2D eigenvalue weighted by molar-refractivity contribution is 8.33. The van der Waals surface area contributed by atoms with E-state index < -0.39 is 27.7 Å². The third-order valence-electron chi connectivity index (χ3n) is 3.40. The molecule has 0 bridgehead atoms. The van der Waals surface area contributed by atoms with Gasteiger partial charge in [0.25, 0.3) is 0 Å². The SMILES string of the molecule is CS(CC(=O)C(F)(F)F)(c1ccc(Cl)cc1)c1ccc(Cl)cc1. The van der Waals surface area contributed by atoms with E-state index in [4.69, 9.17) is 23.2 Å². The molecule has 23 heavy (non-hydrogen) atoms. The minimum absolute atomic E-state index is 0.480. The zero-order valence-corrected chi connectivity index (χ0v) is 14.4. The van der Waals surface area contributed by atoms with Crippen molar-refractivity contribution >= 4 is 39.0 Å². The molecule has 0 fully saturated rings. The monoisotopic (exact) mass is 380 g/mol. The number of carbonyl (C=O) groups is 1. The third kappa shape index (κ3) is 4.22. The topological polar surface area (TPSA) is 17.1 Å². The van der Waals surface area contributed by atoms with Crippen molar-refractivity contribution in [1.82, 2.24) is 0 Å². The Morgan fingerprint density at radius 3 is 1.57 bits per heavy atom. The zero-order valence-electron chi connectivity index (χ0n) is 12.0. The molecular formula is C16H13Cl2F3OS. The molecule has 0 saturated heterocycles.